The van der Waals surface area contributed by atoms with E-state index in [0.717, 1.165) is 20.6 Å². The predicted molar refractivity (Wildman–Crippen MR) is 80.6 cm³/mol. The number of aromatic nitrogens is 3. The number of benzene rings is 1. The molecule has 3 rings (SSSR count). The molecule has 19 heavy (non-hydrogen) atoms. The van der Waals surface area contributed by atoms with Crippen molar-refractivity contribution < 1.29 is 0 Å². The second kappa shape index (κ2) is 4.63. The quantitative estimate of drug-likeness (QED) is 0.627. The molecule has 0 aliphatic heterocycles. The molecular formula is C14H9IN4. The lowest BCUT2D eigenvalue weighted by molar-refractivity contribution is 1.11. The topological polar surface area (TPSA) is 54.0 Å². The molecule has 0 atom stereocenters. The molecule has 3 aromatic rings. The van der Waals surface area contributed by atoms with Crippen molar-refractivity contribution in [3.8, 4) is 17.5 Å². The van der Waals surface area contributed by atoms with Gasteiger partial charge in [-0.1, -0.05) is 18.2 Å². The van der Waals surface area contributed by atoms with Crippen molar-refractivity contribution in [2.75, 3.05) is 0 Å². The average Bonchev–Trinajstić information content (AvgIpc) is 2.84. The smallest absolute Gasteiger partial charge is 0.169 e. The molecule has 0 saturated carbocycles. The number of fused-ring (bicyclic) bond motifs is 1. The van der Waals surface area contributed by atoms with Crippen LogP contribution < -0.4 is 0 Å². The Labute approximate surface area is 123 Å². The van der Waals surface area contributed by atoms with Gasteiger partial charge in [-0.3, -0.25) is 4.40 Å². The lowest BCUT2D eigenvalue weighted by Crippen LogP contribution is -1.94. The fourth-order valence-corrected chi connectivity index (χ4v) is 2.56. The van der Waals surface area contributed by atoms with E-state index in [4.69, 9.17) is 5.26 Å². The minimum atomic E-state index is 0.594. The highest BCUT2D eigenvalue weighted by atomic mass is 127. The minimum Gasteiger partial charge on any atom is -0.281 e. The minimum absolute atomic E-state index is 0.594. The molecule has 0 bridgehead atoms. The van der Waals surface area contributed by atoms with E-state index in [9.17, 15) is 0 Å². The number of rotatable bonds is 1. The molecule has 0 radical (unpaired) electrons. The Morgan fingerprint density at radius 3 is 2.84 bits per heavy atom. The molecule has 5 heteroatoms. The van der Waals surface area contributed by atoms with Crippen molar-refractivity contribution in [1.29, 1.82) is 5.26 Å². The zero-order valence-electron chi connectivity index (χ0n) is 10.1. The van der Waals surface area contributed by atoms with Gasteiger partial charge >= 0.3 is 0 Å². The van der Waals surface area contributed by atoms with Crippen molar-refractivity contribution >= 4 is 28.2 Å². The molecule has 2 heterocycles. The van der Waals surface area contributed by atoms with Gasteiger partial charge in [-0.15, -0.1) is 10.2 Å². The van der Waals surface area contributed by atoms with Crippen LogP contribution in [0.2, 0.25) is 0 Å². The van der Waals surface area contributed by atoms with E-state index in [-0.39, 0.29) is 0 Å². The fourth-order valence-electron chi connectivity index (χ4n) is 1.96. The van der Waals surface area contributed by atoms with E-state index in [2.05, 4.69) is 51.8 Å². The number of nitrogens with zero attached hydrogens (tertiary/aromatic N) is 4. The van der Waals surface area contributed by atoms with E-state index in [1.165, 1.54) is 5.56 Å². The monoisotopic (exact) mass is 360 g/mol. The lowest BCUT2D eigenvalue weighted by Gasteiger charge is -2.05. The Hall–Kier alpha value is -1.94. The number of hydrogen-bond donors (Lipinski definition) is 0. The maximum Gasteiger partial charge on any atom is 0.169 e. The van der Waals surface area contributed by atoms with Crippen LogP contribution >= 0.6 is 22.6 Å². The van der Waals surface area contributed by atoms with Gasteiger partial charge in [-0.2, -0.15) is 5.26 Å². The zero-order valence-corrected chi connectivity index (χ0v) is 12.3. The van der Waals surface area contributed by atoms with Gasteiger partial charge in [-0.05, 0) is 47.2 Å². The SMILES string of the molecule is Cc1cccc(-c2nnc3ccc(C#N)cn23)c1I. The molecule has 0 aliphatic rings. The van der Waals surface area contributed by atoms with Crippen molar-refractivity contribution in [3.05, 3.63) is 51.2 Å². The molecule has 0 spiro atoms. The molecule has 0 aliphatic carbocycles. The second-order valence-corrected chi connectivity index (χ2v) is 5.30. The number of hydrogen-bond acceptors (Lipinski definition) is 3. The molecule has 1 aromatic carbocycles. The van der Waals surface area contributed by atoms with Crippen LogP contribution in [0, 0.1) is 21.8 Å². The third-order valence-electron chi connectivity index (χ3n) is 2.96. The van der Waals surface area contributed by atoms with Crippen LogP contribution in [0.15, 0.2) is 36.5 Å². The van der Waals surface area contributed by atoms with Crippen LogP contribution in [-0.4, -0.2) is 14.6 Å². The normalized spacial score (nSPS) is 10.6. The molecule has 92 valence electrons. The number of halogens is 1. The summed E-state index contributed by atoms with van der Waals surface area (Å²) in [6.07, 6.45) is 1.77. The summed E-state index contributed by atoms with van der Waals surface area (Å²) in [4.78, 5) is 0. The summed E-state index contributed by atoms with van der Waals surface area (Å²) < 4.78 is 3.01. The molecular weight excluding hydrogens is 351 g/mol. The zero-order chi connectivity index (χ0) is 13.4. The Morgan fingerprint density at radius 1 is 1.21 bits per heavy atom. The first-order chi connectivity index (χ1) is 9.20. The van der Waals surface area contributed by atoms with Crippen LogP contribution in [-0.2, 0) is 0 Å². The van der Waals surface area contributed by atoms with Gasteiger partial charge in [0.1, 0.15) is 6.07 Å². The Morgan fingerprint density at radius 2 is 2.05 bits per heavy atom. The summed E-state index contributed by atoms with van der Waals surface area (Å²) in [7, 11) is 0. The van der Waals surface area contributed by atoms with E-state index in [1.54, 1.807) is 18.3 Å². The van der Waals surface area contributed by atoms with Crippen LogP contribution in [0.25, 0.3) is 17.0 Å². The Kier molecular flexibility index (Phi) is 2.95. The van der Waals surface area contributed by atoms with Gasteiger partial charge in [-0.25, -0.2) is 0 Å². The van der Waals surface area contributed by atoms with Crippen molar-refractivity contribution in [3.63, 3.8) is 0 Å². The van der Waals surface area contributed by atoms with Crippen molar-refractivity contribution in [2.24, 2.45) is 0 Å². The molecule has 0 unspecified atom stereocenters. The van der Waals surface area contributed by atoms with E-state index >= 15 is 0 Å². The summed E-state index contributed by atoms with van der Waals surface area (Å²) in [6, 6.07) is 11.8. The van der Waals surface area contributed by atoms with E-state index in [0.29, 0.717) is 5.56 Å². The average molecular weight is 360 g/mol. The summed E-state index contributed by atoms with van der Waals surface area (Å²) >= 11 is 2.31. The molecule has 0 amide bonds. The highest BCUT2D eigenvalue weighted by molar-refractivity contribution is 14.1. The molecule has 4 nitrogen and oxygen atoms in total. The fraction of sp³-hybridized carbons (Fsp3) is 0.0714. The summed E-state index contributed by atoms with van der Waals surface area (Å²) in [5.41, 5.74) is 3.57. The van der Waals surface area contributed by atoms with Crippen LogP contribution in [0.1, 0.15) is 11.1 Å². The third kappa shape index (κ3) is 1.98. The van der Waals surface area contributed by atoms with Gasteiger partial charge in [0.05, 0.1) is 5.56 Å². The van der Waals surface area contributed by atoms with Crippen molar-refractivity contribution in [2.45, 2.75) is 6.92 Å². The number of pyridine rings is 1. The highest BCUT2D eigenvalue weighted by Crippen LogP contribution is 2.26. The first-order valence-corrected chi connectivity index (χ1v) is 6.79. The summed E-state index contributed by atoms with van der Waals surface area (Å²) in [5, 5.41) is 17.4. The molecule has 2 aromatic heterocycles. The number of aryl methyl sites for hydroxylation is 1. The highest BCUT2D eigenvalue weighted by Gasteiger charge is 2.12. The van der Waals surface area contributed by atoms with Gasteiger partial charge in [0.2, 0.25) is 0 Å². The Balaban J connectivity index is 2.31. The van der Waals surface area contributed by atoms with Gasteiger partial charge in [0.25, 0.3) is 0 Å². The predicted octanol–water partition coefficient (Wildman–Crippen LogP) is 3.18. The summed E-state index contributed by atoms with van der Waals surface area (Å²) in [6.45, 7) is 2.06. The first-order valence-electron chi connectivity index (χ1n) is 5.71. The Bertz CT molecular complexity index is 814. The maximum absolute atomic E-state index is 8.99. The molecule has 0 N–H and O–H groups in total. The second-order valence-electron chi connectivity index (χ2n) is 4.22. The lowest BCUT2D eigenvalue weighted by atomic mass is 10.1. The van der Waals surface area contributed by atoms with E-state index < -0.39 is 0 Å². The van der Waals surface area contributed by atoms with Crippen LogP contribution in [0.5, 0.6) is 0 Å². The third-order valence-corrected chi connectivity index (χ3v) is 4.40. The first kappa shape index (κ1) is 12.1. The summed E-state index contributed by atoms with van der Waals surface area (Å²) in [5.74, 6) is 0.764. The standard InChI is InChI=1S/C14H9IN4/c1-9-3-2-4-11(13(9)15)14-18-17-12-6-5-10(7-16)8-19(12)14/h2-6,8H,1H3. The molecule has 0 fully saturated rings. The van der Waals surface area contributed by atoms with Gasteiger partial charge in [0, 0.05) is 15.3 Å². The van der Waals surface area contributed by atoms with Gasteiger partial charge < -0.3 is 0 Å². The largest absolute Gasteiger partial charge is 0.281 e. The van der Waals surface area contributed by atoms with Crippen molar-refractivity contribution in [1.82, 2.24) is 14.6 Å². The van der Waals surface area contributed by atoms with E-state index in [1.807, 2.05) is 16.5 Å². The van der Waals surface area contributed by atoms with Crippen LogP contribution in [0.3, 0.4) is 0 Å². The maximum atomic E-state index is 8.99. The number of nitriles is 1. The van der Waals surface area contributed by atoms with Gasteiger partial charge in [0.15, 0.2) is 11.5 Å². The van der Waals surface area contributed by atoms with Crippen LogP contribution in [0.4, 0.5) is 0 Å². The molecule has 0 saturated heterocycles.